The number of nitrogens with one attached hydrogen (secondary N) is 1. The van der Waals surface area contributed by atoms with Crippen LogP contribution in [0, 0.1) is 0 Å². The minimum Gasteiger partial charge on any atom is -0.342 e. The van der Waals surface area contributed by atoms with Crippen molar-refractivity contribution in [2.75, 3.05) is 38.0 Å². The van der Waals surface area contributed by atoms with Crippen LogP contribution in [0.2, 0.25) is 0 Å². The first-order valence-corrected chi connectivity index (χ1v) is 9.83. The maximum absolute atomic E-state index is 12.4. The van der Waals surface area contributed by atoms with Gasteiger partial charge in [0, 0.05) is 37.4 Å². The summed E-state index contributed by atoms with van der Waals surface area (Å²) >= 11 is 0. The van der Waals surface area contributed by atoms with Crippen LogP contribution in [0.25, 0.3) is 0 Å². The van der Waals surface area contributed by atoms with Gasteiger partial charge in [-0.2, -0.15) is 0 Å². The molecule has 2 aromatic heterocycles. The van der Waals surface area contributed by atoms with E-state index in [2.05, 4.69) is 32.3 Å². The maximum Gasteiger partial charge on any atom is 0.236 e. The molecule has 1 aliphatic rings. The van der Waals surface area contributed by atoms with E-state index >= 15 is 0 Å². The molecule has 0 spiro atoms. The Hall–Kier alpha value is -2.47. The molecule has 3 heterocycles. The predicted molar refractivity (Wildman–Crippen MR) is 108 cm³/mol. The molecule has 2 aromatic rings. The van der Waals surface area contributed by atoms with E-state index in [4.69, 9.17) is 0 Å². The molecule has 0 bridgehead atoms. The zero-order chi connectivity index (χ0) is 19.1. The number of hydrogen-bond acceptors (Lipinski definition) is 5. The molecule has 1 atom stereocenters. The second-order valence-corrected chi connectivity index (χ2v) is 6.95. The summed E-state index contributed by atoms with van der Waals surface area (Å²) in [6, 6.07) is 9.92. The second kappa shape index (κ2) is 9.46. The number of amides is 1. The highest BCUT2D eigenvalue weighted by Crippen LogP contribution is 2.26. The lowest BCUT2D eigenvalue weighted by Gasteiger charge is -2.33. The van der Waals surface area contributed by atoms with Crippen molar-refractivity contribution in [3.63, 3.8) is 0 Å². The van der Waals surface area contributed by atoms with Crippen LogP contribution < -0.4 is 5.32 Å². The molecular formula is C21H29N5O. The van der Waals surface area contributed by atoms with Crippen molar-refractivity contribution in [2.24, 2.45) is 0 Å². The molecule has 144 valence electrons. The largest absolute Gasteiger partial charge is 0.342 e. The smallest absolute Gasteiger partial charge is 0.236 e. The van der Waals surface area contributed by atoms with Crippen molar-refractivity contribution in [1.29, 1.82) is 0 Å². The highest BCUT2D eigenvalue weighted by atomic mass is 16.2. The SMILES string of the molecule is CCN(CC)C(=O)CN1CCC[C@H](c2ccc(Nc3ccccn3)cn2)C1. The van der Waals surface area contributed by atoms with Gasteiger partial charge < -0.3 is 10.2 Å². The standard InChI is InChI=1S/C21H29N5O/c1-3-26(4-2)21(27)16-25-13-7-8-17(15-25)19-11-10-18(14-23-19)24-20-9-5-6-12-22-20/h5-6,9-12,14,17H,3-4,7-8,13,15-16H2,1-2H3,(H,22,24)/t17-/m0/s1. The summed E-state index contributed by atoms with van der Waals surface area (Å²) in [5, 5.41) is 3.26. The topological polar surface area (TPSA) is 61.4 Å². The van der Waals surface area contributed by atoms with Crippen LogP contribution in [0.3, 0.4) is 0 Å². The molecule has 6 heteroatoms. The van der Waals surface area contributed by atoms with Gasteiger partial charge in [0.25, 0.3) is 0 Å². The summed E-state index contributed by atoms with van der Waals surface area (Å²) in [7, 11) is 0. The van der Waals surface area contributed by atoms with Gasteiger partial charge in [0.2, 0.25) is 5.91 Å². The van der Waals surface area contributed by atoms with Crippen LogP contribution in [0.4, 0.5) is 11.5 Å². The summed E-state index contributed by atoms with van der Waals surface area (Å²) in [5.74, 6) is 1.42. The third-order valence-corrected chi connectivity index (χ3v) is 5.12. The van der Waals surface area contributed by atoms with Gasteiger partial charge in [0.05, 0.1) is 18.4 Å². The Bertz CT molecular complexity index is 715. The van der Waals surface area contributed by atoms with E-state index < -0.39 is 0 Å². The monoisotopic (exact) mass is 367 g/mol. The number of likely N-dealkylation sites (N-methyl/N-ethyl adjacent to an activating group) is 1. The number of hydrogen-bond donors (Lipinski definition) is 1. The van der Waals surface area contributed by atoms with Crippen molar-refractivity contribution in [3.05, 3.63) is 48.4 Å². The minimum atomic E-state index is 0.225. The van der Waals surface area contributed by atoms with Gasteiger partial charge in [0.15, 0.2) is 0 Å². The number of likely N-dealkylation sites (tertiary alicyclic amines) is 1. The normalized spacial score (nSPS) is 17.5. The lowest BCUT2D eigenvalue weighted by molar-refractivity contribution is -0.132. The van der Waals surface area contributed by atoms with Gasteiger partial charge in [-0.3, -0.25) is 14.7 Å². The Morgan fingerprint density at radius 1 is 1.22 bits per heavy atom. The lowest BCUT2D eigenvalue weighted by atomic mass is 9.94. The third-order valence-electron chi connectivity index (χ3n) is 5.12. The molecule has 1 N–H and O–H groups in total. The van der Waals surface area contributed by atoms with Gasteiger partial charge in [-0.05, 0) is 57.5 Å². The van der Waals surface area contributed by atoms with Crippen LogP contribution in [0.15, 0.2) is 42.7 Å². The average Bonchev–Trinajstić information content (AvgIpc) is 2.70. The summed E-state index contributed by atoms with van der Waals surface area (Å²) in [6.07, 6.45) is 5.85. The van der Waals surface area contributed by atoms with Crippen LogP contribution in [-0.4, -0.2) is 58.4 Å². The van der Waals surface area contributed by atoms with Crippen molar-refractivity contribution in [3.8, 4) is 0 Å². The van der Waals surface area contributed by atoms with Gasteiger partial charge >= 0.3 is 0 Å². The van der Waals surface area contributed by atoms with E-state index in [9.17, 15) is 4.79 Å². The molecule has 1 aliphatic heterocycles. The number of carbonyl (C=O) groups excluding carboxylic acids is 1. The predicted octanol–water partition coefficient (Wildman–Crippen LogP) is 3.27. The van der Waals surface area contributed by atoms with Crippen LogP contribution >= 0.6 is 0 Å². The van der Waals surface area contributed by atoms with Crippen LogP contribution in [-0.2, 0) is 4.79 Å². The zero-order valence-corrected chi connectivity index (χ0v) is 16.3. The summed E-state index contributed by atoms with van der Waals surface area (Å²) in [5.41, 5.74) is 2.03. The van der Waals surface area contributed by atoms with E-state index in [-0.39, 0.29) is 5.91 Å². The Labute approximate surface area is 161 Å². The third kappa shape index (κ3) is 5.26. The van der Waals surface area contributed by atoms with E-state index in [1.54, 1.807) is 6.20 Å². The lowest BCUT2D eigenvalue weighted by Crippen LogP contribution is -2.43. The van der Waals surface area contributed by atoms with Gasteiger partial charge in [0.1, 0.15) is 5.82 Å². The zero-order valence-electron chi connectivity index (χ0n) is 16.3. The molecule has 27 heavy (non-hydrogen) atoms. The first-order chi connectivity index (χ1) is 13.2. The second-order valence-electron chi connectivity index (χ2n) is 6.95. The number of nitrogens with zero attached hydrogens (tertiary/aromatic N) is 4. The van der Waals surface area contributed by atoms with E-state index in [0.717, 1.165) is 56.2 Å². The van der Waals surface area contributed by atoms with Crippen molar-refractivity contribution >= 4 is 17.4 Å². The molecule has 1 amide bonds. The van der Waals surface area contributed by atoms with Gasteiger partial charge in [-0.25, -0.2) is 4.98 Å². The molecular weight excluding hydrogens is 338 g/mol. The van der Waals surface area contributed by atoms with Gasteiger partial charge in [-0.1, -0.05) is 6.07 Å². The quantitative estimate of drug-likeness (QED) is 0.814. The average molecular weight is 367 g/mol. The number of pyridine rings is 2. The number of carbonyl (C=O) groups is 1. The molecule has 0 unspecified atom stereocenters. The Morgan fingerprint density at radius 2 is 2.07 bits per heavy atom. The molecule has 0 aromatic carbocycles. The number of aromatic nitrogens is 2. The number of rotatable bonds is 7. The summed E-state index contributed by atoms with van der Waals surface area (Å²) in [6.45, 7) is 8.01. The summed E-state index contributed by atoms with van der Waals surface area (Å²) in [4.78, 5) is 25.5. The fourth-order valence-corrected chi connectivity index (χ4v) is 3.61. The minimum absolute atomic E-state index is 0.225. The molecule has 1 fully saturated rings. The molecule has 0 saturated carbocycles. The maximum atomic E-state index is 12.4. The van der Waals surface area contributed by atoms with E-state index in [0.29, 0.717) is 12.5 Å². The Kier molecular flexibility index (Phi) is 6.76. The molecule has 6 nitrogen and oxygen atoms in total. The highest BCUT2D eigenvalue weighted by Gasteiger charge is 2.24. The fourth-order valence-electron chi connectivity index (χ4n) is 3.61. The highest BCUT2D eigenvalue weighted by molar-refractivity contribution is 5.78. The molecule has 0 radical (unpaired) electrons. The first-order valence-electron chi connectivity index (χ1n) is 9.83. The van der Waals surface area contributed by atoms with Crippen LogP contribution in [0.5, 0.6) is 0 Å². The summed E-state index contributed by atoms with van der Waals surface area (Å²) < 4.78 is 0. The van der Waals surface area contributed by atoms with E-state index in [1.807, 2.05) is 43.1 Å². The van der Waals surface area contributed by atoms with Crippen molar-refractivity contribution in [1.82, 2.24) is 19.8 Å². The van der Waals surface area contributed by atoms with Crippen molar-refractivity contribution < 1.29 is 4.79 Å². The molecule has 3 rings (SSSR count). The Balaban J connectivity index is 1.58. The van der Waals surface area contributed by atoms with Gasteiger partial charge in [-0.15, -0.1) is 0 Å². The fraction of sp³-hybridized carbons (Fsp3) is 0.476. The molecule has 0 aliphatic carbocycles. The van der Waals surface area contributed by atoms with Crippen molar-refractivity contribution in [2.45, 2.75) is 32.6 Å². The first kappa shape index (κ1) is 19.3. The number of piperidine rings is 1. The van der Waals surface area contributed by atoms with Crippen LogP contribution in [0.1, 0.15) is 38.3 Å². The molecule has 1 saturated heterocycles. The van der Waals surface area contributed by atoms with E-state index in [1.165, 1.54) is 0 Å². The Morgan fingerprint density at radius 3 is 2.74 bits per heavy atom. The number of anilines is 2.